The van der Waals surface area contributed by atoms with Crippen LogP contribution in [0.25, 0.3) is 11.0 Å². The Bertz CT molecular complexity index is 635. The van der Waals surface area contributed by atoms with E-state index in [4.69, 9.17) is 4.98 Å². The number of rotatable bonds is 1. The Hall–Kier alpha value is -1.65. The molecular formula is C15H23N5. The Labute approximate surface area is 120 Å². The van der Waals surface area contributed by atoms with Gasteiger partial charge in [0.05, 0.1) is 5.69 Å². The SMILES string of the molecule is Cc1nc(N2CC(C)CC(C)C2)c2c(n1)c(C)nn2C. The van der Waals surface area contributed by atoms with Crippen LogP contribution in [0.1, 0.15) is 31.8 Å². The van der Waals surface area contributed by atoms with Crippen LogP contribution < -0.4 is 4.90 Å². The van der Waals surface area contributed by atoms with Gasteiger partial charge in [-0.05, 0) is 32.1 Å². The topological polar surface area (TPSA) is 46.8 Å². The smallest absolute Gasteiger partial charge is 0.158 e. The summed E-state index contributed by atoms with van der Waals surface area (Å²) >= 11 is 0. The van der Waals surface area contributed by atoms with Crippen molar-refractivity contribution in [3.63, 3.8) is 0 Å². The van der Waals surface area contributed by atoms with Crippen LogP contribution in [0.2, 0.25) is 0 Å². The second-order valence-electron chi connectivity index (χ2n) is 6.35. The quantitative estimate of drug-likeness (QED) is 0.801. The lowest BCUT2D eigenvalue weighted by molar-refractivity contribution is 0.355. The average Bonchev–Trinajstić information content (AvgIpc) is 2.62. The second-order valence-corrected chi connectivity index (χ2v) is 6.35. The van der Waals surface area contributed by atoms with Gasteiger partial charge < -0.3 is 4.90 Å². The molecule has 2 unspecified atom stereocenters. The van der Waals surface area contributed by atoms with Gasteiger partial charge in [0.15, 0.2) is 5.82 Å². The fourth-order valence-electron chi connectivity index (χ4n) is 3.48. The molecule has 1 fully saturated rings. The van der Waals surface area contributed by atoms with Crippen molar-refractivity contribution in [2.45, 2.75) is 34.1 Å². The molecule has 20 heavy (non-hydrogen) atoms. The van der Waals surface area contributed by atoms with Gasteiger partial charge >= 0.3 is 0 Å². The molecule has 1 aliphatic heterocycles. The maximum absolute atomic E-state index is 4.72. The van der Waals surface area contributed by atoms with E-state index in [0.29, 0.717) is 11.8 Å². The van der Waals surface area contributed by atoms with Crippen molar-refractivity contribution in [3.05, 3.63) is 11.5 Å². The molecule has 0 aliphatic carbocycles. The van der Waals surface area contributed by atoms with Crippen LogP contribution >= 0.6 is 0 Å². The molecular weight excluding hydrogens is 250 g/mol. The van der Waals surface area contributed by atoms with Gasteiger partial charge in [0, 0.05) is 20.1 Å². The number of hydrogen-bond donors (Lipinski definition) is 0. The predicted octanol–water partition coefficient (Wildman–Crippen LogP) is 2.46. The molecule has 0 bridgehead atoms. The van der Waals surface area contributed by atoms with Crippen molar-refractivity contribution < 1.29 is 0 Å². The fraction of sp³-hybridized carbons (Fsp3) is 0.667. The highest BCUT2D eigenvalue weighted by molar-refractivity contribution is 5.88. The fourth-order valence-corrected chi connectivity index (χ4v) is 3.48. The molecule has 5 nitrogen and oxygen atoms in total. The molecule has 3 heterocycles. The molecule has 0 N–H and O–H groups in total. The molecule has 1 aliphatic rings. The first-order chi connectivity index (χ1) is 9.45. The van der Waals surface area contributed by atoms with Crippen molar-refractivity contribution in [1.82, 2.24) is 19.7 Å². The van der Waals surface area contributed by atoms with Crippen LogP contribution in [0.5, 0.6) is 0 Å². The van der Waals surface area contributed by atoms with Gasteiger partial charge in [0.25, 0.3) is 0 Å². The van der Waals surface area contributed by atoms with Crippen molar-refractivity contribution in [3.8, 4) is 0 Å². The second kappa shape index (κ2) is 4.72. The summed E-state index contributed by atoms with van der Waals surface area (Å²) < 4.78 is 1.92. The third kappa shape index (κ3) is 2.15. The Morgan fingerprint density at radius 2 is 1.70 bits per heavy atom. The molecule has 108 valence electrons. The summed E-state index contributed by atoms with van der Waals surface area (Å²) in [5, 5.41) is 4.51. The van der Waals surface area contributed by atoms with Crippen LogP contribution in [0.3, 0.4) is 0 Å². The lowest BCUT2D eigenvalue weighted by atomic mass is 9.92. The lowest BCUT2D eigenvalue weighted by Crippen LogP contribution is -2.39. The van der Waals surface area contributed by atoms with Gasteiger partial charge in [-0.25, -0.2) is 9.97 Å². The molecule has 0 amide bonds. The molecule has 0 aromatic carbocycles. The van der Waals surface area contributed by atoms with Crippen LogP contribution in [-0.4, -0.2) is 32.8 Å². The minimum atomic E-state index is 0.707. The summed E-state index contributed by atoms with van der Waals surface area (Å²) in [6.07, 6.45) is 1.30. The molecule has 0 spiro atoms. The van der Waals surface area contributed by atoms with E-state index in [0.717, 1.165) is 41.5 Å². The molecule has 0 radical (unpaired) electrons. The zero-order valence-corrected chi connectivity index (χ0v) is 13.0. The molecule has 2 aromatic heterocycles. The summed E-state index contributed by atoms with van der Waals surface area (Å²) in [5.41, 5.74) is 3.03. The number of nitrogens with zero attached hydrogens (tertiary/aromatic N) is 5. The van der Waals surface area contributed by atoms with Crippen LogP contribution in [0.15, 0.2) is 0 Å². The van der Waals surface area contributed by atoms with Gasteiger partial charge in [-0.2, -0.15) is 5.10 Å². The van der Waals surface area contributed by atoms with E-state index < -0.39 is 0 Å². The number of aryl methyl sites for hydroxylation is 3. The normalized spacial score (nSPS) is 23.6. The highest BCUT2D eigenvalue weighted by Gasteiger charge is 2.26. The molecule has 1 saturated heterocycles. The van der Waals surface area contributed by atoms with E-state index >= 15 is 0 Å². The van der Waals surface area contributed by atoms with Crippen molar-refractivity contribution in [2.75, 3.05) is 18.0 Å². The number of piperidine rings is 1. The predicted molar refractivity (Wildman–Crippen MR) is 80.9 cm³/mol. The van der Waals surface area contributed by atoms with E-state index in [1.807, 2.05) is 25.6 Å². The zero-order valence-electron chi connectivity index (χ0n) is 13.0. The first-order valence-electron chi connectivity index (χ1n) is 7.38. The van der Waals surface area contributed by atoms with E-state index in [1.54, 1.807) is 0 Å². The Kier molecular flexibility index (Phi) is 3.15. The third-order valence-corrected chi connectivity index (χ3v) is 4.11. The number of hydrogen-bond acceptors (Lipinski definition) is 4. The zero-order chi connectivity index (χ0) is 14.4. The summed E-state index contributed by atoms with van der Waals surface area (Å²) in [5.74, 6) is 3.29. The largest absolute Gasteiger partial charge is 0.354 e. The van der Waals surface area contributed by atoms with Crippen LogP contribution in [0, 0.1) is 25.7 Å². The average molecular weight is 273 g/mol. The molecule has 2 aromatic rings. The Balaban J connectivity index is 2.15. The maximum Gasteiger partial charge on any atom is 0.158 e. The highest BCUT2D eigenvalue weighted by Crippen LogP contribution is 2.30. The molecule has 2 atom stereocenters. The van der Waals surface area contributed by atoms with Gasteiger partial charge in [0.1, 0.15) is 16.9 Å². The Morgan fingerprint density at radius 3 is 2.35 bits per heavy atom. The lowest BCUT2D eigenvalue weighted by Gasteiger charge is -2.36. The van der Waals surface area contributed by atoms with Crippen molar-refractivity contribution >= 4 is 16.9 Å². The first kappa shape index (κ1) is 13.3. The first-order valence-corrected chi connectivity index (χ1v) is 7.38. The van der Waals surface area contributed by atoms with Gasteiger partial charge in [-0.3, -0.25) is 4.68 Å². The van der Waals surface area contributed by atoms with Gasteiger partial charge in [-0.15, -0.1) is 0 Å². The summed E-state index contributed by atoms with van der Waals surface area (Å²) in [6, 6.07) is 0. The minimum Gasteiger partial charge on any atom is -0.354 e. The minimum absolute atomic E-state index is 0.707. The highest BCUT2D eigenvalue weighted by atomic mass is 15.3. The summed E-state index contributed by atoms with van der Waals surface area (Å²) in [4.78, 5) is 11.7. The standard InChI is InChI=1S/C15H23N5/c1-9-6-10(2)8-20(7-9)15-14-13(16-12(4)17-15)11(3)18-19(14)5/h9-10H,6-8H2,1-5H3. The van der Waals surface area contributed by atoms with Crippen molar-refractivity contribution in [1.29, 1.82) is 0 Å². The van der Waals surface area contributed by atoms with E-state index in [2.05, 4.69) is 28.8 Å². The molecule has 5 heteroatoms. The summed E-state index contributed by atoms with van der Waals surface area (Å²) in [6.45, 7) is 10.8. The Morgan fingerprint density at radius 1 is 1.05 bits per heavy atom. The molecule has 0 saturated carbocycles. The monoisotopic (exact) mass is 273 g/mol. The van der Waals surface area contributed by atoms with E-state index in [1.165, 1.54) is 6.42 Å². The maximum atomic E-state index is 4.72. The number of anilines is 1. The van der Waals surface area contributed by atoms with Gasteiger partial charge in [0.2, 0.25) is 0 Å². The van der Waals surface area contributed by atoms with E-state index in [-0.39, 0.29) is 0 Å². The molecule has 3 rings (SSSR count). The number of aromatic nitrogens is 4. The van der Waals surface area contributed by atoms with Gasteiger partial charge in [-0.1, -0.05) is 13.8 Å². The van der Waals surface area contributed by atoms with Crippen LogP contribution in [0.4, 0.5) is 5.82 Å². The third-order valence-electron chi connectivity index (χ3n) is 4.11. The van der Waals surface area contributed by atoms with Crippen molar-refractivity contribution in [2.24, 2.45) is 18.9 Å². The summed E-state index contributed by atoms with van der Waals surface area (Å²) in [7, 11) is 1.98. The van der Waals surface area contributed by atoms with Crippen LogP contribution in [-0.2, 0) is 7.05 Å². The van der Waals surface area contributed by atoms with E-state index in [9.17, 15) is 0 Å². The number of fused-ring (bicyclic) bond motifs is 1.